The number of hydrogen-bond acceptors (Lipinski definition) is 6. The number of nitrogens with one attached hydrogen (secondary N) is 1. The van der Waals surface area contributed by atoms with Crippen molar-refractivity contribution in [2.75, 3.05) is 13.1 Å². The summed E-state index contributed by atoms with van der Waals surface area (Å²) in [4.78, 5) is 48.6. The molecule has 2 fully saturated rings. The smallest absolute Gasteiger partial charge is 0.328 e. The number of carboxylic acids is 1. The molecule has 3 rings (SSSR count). The lowest BCUT2D eigenvalue weighted by molar-refractivity contribution is -0.165. The number of aliphatic carboxylic acids is 1. The molecule has 2 saturated heterocycles. The first kappa shape index (κ1) is 20.3. The molecule has 2 heterocycles. The summed E-state index contributed by atoms with van der Waals surface area (Å²) in [7, 11) is 0. The lowest BCUT2D eigenvalue weighted by atomic mass is 10.1. The topological polar surface area (TPSA) is 107 Å². The summed E-state index contributed by atoms with van der Waals surface area (Å²) in [6.45, 7) is 2.23. The summed E-state index contributed by atoms with van der Waals surface area (Å²) in [5, 5.41) is 14.2. The molecule has 2 amide bonds. The Morgan fingerprint density at radius 1 is 1.29 bits per heavy atom. The summed E-state index contributed by atoms with van der Waals surface area (Å²) in [6, 6.07) is 7.66. The number of rotatable bonds is 6. The van der Waals surface area contributed by atoms with E-state index >= 15 is 0 Å². The van der Waals surface area contributed by atoms with Crippen molar-refractivity contribution in [1.82, 2.24) is 15.3 Å². The van der Waals surface area contributed by atoms with Gasteiger partial charge in [-0.05, 0) is 24.8 Å². The van der Waals surface area contributed by atoms with E-state index in [1.165, 1.54) is 11.9 Å². The van der Waals surface area contributed by atoms with E-state index in [4.69, 9.17) is 0 Å². The summed E-state index contributed by atoms with van der Waals surface area (Å²) in [5.74, 6) is -1.85. The maximum atomic E-state index is 12.8. The van der Waals surface area contributed by atoms with Crippen LogP contribution in [-0.2, 0) is 25.6 Å². The molecule has 2 aliphatic heterocycles. The molecule has 150 valence electrons. The normalized spacial score (nSPS) is 23.2. The van der Waals surface area contributed by atoms with Gasteiger partial charge in [0.15, 0.2) is 5.12 Å². The number of hydrogen-bond donors (Lipinski definition) is 2. The molecule has 2 N–H and O–H groups in total. The van der Waals surface area contributed by atoms with E-state index in [0.29, 0.717) is 25.8 Å². The number of fused-ring (bicyclic) bond motifs is 1. The van der Waals surface area contributed by atoms with E-state index in [2.05, 4.69) is 5.32 Å². The number of carboxylic acid groups (broad SMARTS) is 1. The second kappa shape index (κ2) is 8.74. The SMILES string of the molecule is CC(=O)S[C@@H](Cc1ccccc1)C(=O)NC1CN2CCCC(C(=O)O)N2C1=O. The van der Waals surface area contributed by atoms with Gasteiger partial charge < -0.3 is 10.4 Å². The van der Waals surface area contributed by atoms with Crippen molar-refractivity contribution in [3.63, 3.8) is 0 Å². The van der Waals surface area contributed by atoms with Crippen LogP contribution in [0.4, 0.5) is 0 Å². The molecule has 1 aromatic rings. The fourth-order valence-electron chi connectivity index (χ4n) is 3.63. The van der Waals surface area contributed by atoms with Crippen LogP contribution in [0.3, 0.4) is 0 Å². The second-order valence-electron chi connectivity index (χ2n) is 6.94. The van der Waals surface area contributed by atoms with Gasteiger partial charge in [0.1, 0.15) is 12.1 Å². The number of carbonyl (C=O) groups excluding carboxylic acids is 3. The van der Waals surface area contributed by atoms with Gasteiger partial charge in [0.2, 0.25) is 5.91 Å². The van der Waals surface area contributed by atoms with Crippen molar-refractivity contribution in [2.45, 2.75) is 43.5 Å². The molecule has 0 aliphatic carbocycles. The van der Waals surface area contributed by atoms with Gasteiger partial charge in [-0.2, -0.15) is 0 Å². The standard InChI is InChI=1S/C19H23N3O5S/c1-12(23)28-16(10-13-6-3-2-4-7-13)17(24)20-14-11-21-9-5-8-15(19(26)27)22(21)18(14)25/h2-4,6-7,14-16H,5,8-11H2,1H3,(H,20,24)(H,26,27)/t14?,15?,16-/m0/s1. The predicted molar refractivity (Wildman–Crippen MR) is 103 cm³/mol. The van der Waals surface area contributed by atoms with Crippen LogP contribution >= 0.6 is 11.8 Å². The minimum absolute atomic E-state index is 0.180. The minimum Gasteiger partial charge on any atom is -0.480 e. The van der Waals surface area contributed by atoms with Gasteiger partial charge in [-0.3, -0.25) is 19.4 Å². The van der Waals surface area contributed by atoms with E-state index in [-0.39, 0.29) is 11.7 Å². The minimum atomic E-state index is -1.04. The van der Waals surface area contributed by atoms with Crippen molar-refractivity contribution in [2.24, 2.45) is 0 Å². The lowest BCUT2D eigenvalue weighted by Crippen LogP contribution is -2.54. The molecule has 9 heteroatoms. The summed E-state index contributed by atoms with van der Waals surface area (Å²) in [6.07, 6.45) is 1.44. The molecular formula is C19H23N3O5S. The monoisotopic (exact) mass is 405 g/mol. The van der Waals surface area contributed by atoms with Crippen LogP contribution in [0.2, 0.25) is 0 Å². The molecule has 0 bridgehead atoms. The van der Waals surface area contributed by atoms with Crippen molar-refractivity contribution in [3.05, 3.63) is 35.9 Å². The zero-order chi connectivity index (χ0) is 20.3. The fraction of sp³-hybridized carbons (Fsp3) is 0.474. The Bertz CT molecular complexity index is 772. The zero-order valence-corrected chi connectivity index (χ0v) is 16.4. The highest BCUT2D eigenvalue weighted by atomic mass is 32.2. The Morgan fingerprint density at radius 2 is 2.00 bits per heavy atom. The fourth-order valence-corrected chi connectivity index (χ4v) is 4.48. The van der Waals surface area contributed by atoms with Crippen LogP contribution in [0.15, 0.2) is 30.3 Å². The second-order valence-corrected chi connectivity index (χ2v) is 8.32. The Balaban J connectivity index is 1.70. The number of amides is 2. The Morgan fingerprint density at radius 3 is 2.64 bits per heavy atom. The predicted octanol–water partition coefficient (Wildman–Crippen LogP) is 0.668. The quantitative estimate of drug-likeness (QED) is 0.716. The highest BCUT2D eigenvalue weighted by molar-refractivity contribution is 8.14. The van der Waals surface area contributed by atoms with Gasteiger partial charge >= 0.3 is 5.97 Å². The van der Waals surface area contributed by atoms with E-state index in [1.54, 1.807) is 5.01 Å². The van der Waals surface area contributed by atoms with Crippen LogP contribution in [0, 0.1) is 0 Å². The highest BCUT2D eigenvalue weighted by Gasteiger charge is 2.47. The summed E-state index contributed by atoms with van der Waals surface area (Å²) < 4.78 is 0. The maximum absolute atomic E-state index is 12.8. The molecule has 3 atom stereocenters. The number of carbonyl (C=O) groups is 4. The van der Waals surface area contributed by atoms with Crippen molar-refractivity contribution in [1.29, 1.82) is 0 Å². The average molecular weight is 405 g/mol. The molecule has 0 saturated carbocycles. The molecule has 0 aromatic heterocycles. The molecule has 1 aromatic carbocycles. The van der Waals surface area contributed by atoms with E-state index in [1.807, 2.05) is 30.3 Å². The van der Waals surface area contributed by atoms with Gasteiger partial charge in [0.25, 0.3) is 5.91 Å². The molecule has 2 unspecified atom stereocenters. The first-order chi connectivity index (χ1) is 13.4. The van der Waals surface area contributed by atoms with Crippen LogP contribution in [0.25, 0.3) is 0 Å². The molecule has 0 radical (unpaired) electrons. The lowest BCUT2D eigenvalue weighted by Gasteiger charge is -2.36. The number of benzene rings is 1. The Hall–Kier alpha value is -2.39. The van der Waals surface area contributed by atoms with Gasteiger partial charge in [-0.25, -0.2) is 9.80 Å². The third-order valence-corrected chi connectivity index (χ3v) is 5.87. The van der Waals surface area contributed by atoms with Crippen molar-refractivity contribution in [3.8, 4) is 0 Å². The summed E-state index contributed by atoms with van der Waals surface area (Å²) in [5.41, 5.74) is 0.918. The number of hydrazine groups is 1. The van der Waals surface area contributed by atoms with Gasteiger partial charge in [-0.15, -0.1) is 0 Å². The highest BCUT2D eigenvalue weighted by Crippen LogP contribution is 2.25. The average Bonchev–Trinajstić information content (AvgIpc) is 2.97. The molecule has 0 spiro atoms. The van der Waals surface area contributed by atoms with Crippen LogP contribution < -0.4 is 5.32 Å². The number of nitrogens with zero attached hydrogens (tertiary/aromatic N) is 2. The van der Waals surface area contributed by atoms with Gasteiger partial charge in [0.05, 0.1) is 5.25 Å². The third kappa shape index (κ3) is 4.53. The van der Waals surface area contributed by atoms with Crippen LogP contribution in [-0.4, -0.2) is 68.4 Å². The molecule has 2 aliphatic rings. The Labute approximate surface area is 167 Å². The largest absolute Gasteiger partial charge is 0.480 e. The summed E-state index contributed by atoms with van der Waals surface area (Å²) >= 11 is 0.934. The molecular weight excluding hydrogens is 382 g/mol. The van der Waals surface area contributed by atoms with E-state index < -0.39 is 35.1 Å². The zero-order valence-electron chi connectivity index (χ0n) is 15.5. The number of thioether (sulfide) groups is 1. The maximum Gasteiger partial charge on any atom is 0.328 e. The van der Waals surface area contributed by atoms with Crippen molar-refractivity contribution >= 4 is 34.7 Å². The first-order valence-electron chi connectivity index (χ1n) is 9.19. The first-order valence-corrected chi connectivity index (χ1v) is 10.1. The van der Waals surface area contributed by atoms with Crippen LogP contribution in [0.5, 0.6) is 0 Å². The molecule has 8 nitrogen and oxygen atoms in total. The van der Waals surface area contributed by atoms with Crippen LogP contribution in [0.1, 0.15) is 25.3 Å². The van der Waals surface area contributed by atoms with Crippen molar-refractivity contribution < 1.29 is 24.3 Å². The molecule has 28 heavy (non-hydrogen) atoms. The van der Waals surface area contributed by atoms with E-state index in [0.717, 1.165) is 17.3 Å². The Kier molecular flexibility index (Phi) is 6.35. The van der Waals surface area contributed by atoms with Gasteiger partial charge in [0, 0.05) is 20.0 Å². The third-order valence-electron chi connectivity index (χ3n) is 4.88. The van der Waals surface area contributed by atoms with E-state index in [9.17, 15) is 24.3 Å². The van der Waals surface area contributed by atoms with Gasteiger partial charge in [-0.1, -0.05) is 42.1 Å².